The predicted octanol–water partition coefficient (Wildman–Crippen LogP) is 1.91. The second-order valence-electron chi connectivity index (χ2n) is 5.22. The minimum Gasteiger partial charge on any atom is -0.485 e. The van der Waals surface area contributed by atoms with Crippen LogP contribution in [-0.4, -0.2) is 26.8 Å². The van der Waals surface area contributed by atoms with Crippen LogP contribution in [0.3, 0.4) is 0 Å². The van der Waals surface area contributed by atoms with Crippen LogP contribution >= 0.6 is 0 Å². The van der Waals surface area contributed by atoms with E-state index < -0.39 is 0 Å². The highest BCUT2D eigenvalue weighted by molar-refractivity contribution is 5.43. The number of hydrogen-bond acceptors (Lipinski definition) is 5. The van der Waals surface area contributed by atoms with Crippen molar-refractivity contribution >= 4 is 0 Å². The summed E-state index contributed by atoms with van der Waals surface area (Å²) in [6, 6.07) is 4.32. The standard InChI is InChI=1S/C15H23N5O/c1-5-6-16-9-13-7-11(2)15(12(3)8-13)21-10-14-17-19-20(4)18-14/h7-8,16H,5-6,9-10H2,1-4H3. The van der Waals surface area contributed by atoms with E-state index in [0.29, 0.717) is 12.4 Å². The van der Waals surface area contributed by atoms with E-state index in [4.69, 9.17) is 4.74 Å². The van der Waals surface area contributed by atoms with E-state index >= 15 is 0 Å². The molecule has 0 aliphatic rings. The molecule has 0 saturated carbocycles. The van der Waals surface area contributed by atoms with Crippen LogP contribution in [0.25, 0.3) is 0 Å². The molecule has 0 radical (unpaired) electrons. The minimum absolute atomic E-state index is 0.336. The summed E-state index contributed by atoms with van der Waals surface area (Å²) in [5.41, 5.74) is 3.54. The van der Waals surface area contributed by atoms with Crippen LogP contribution in [0.5, 0.6) is 5.75 Å². The average Bonchev–Trinajstić information content (AvgIpc) is 2.84. The monoisotopic (exact) mass is 289 g/mol. The largest absolute Gasteiger partial charge is 0.485 e. The maximum Gasteiger partial charge on any atom is 0.212 e. The molecule has 0 spiro atoms. The number of ether oxygens (including phenoxy) is 1. The molecule has 0 aliphatic carbocycles. The minimum atomic E-state index is 0.336. The maximum absolute atomic E-state index is 5.85. The zero-order valence-electron chi connectivity index (χ0n) is 13.2. The summed E-state index contributed by atoms with van der Waals surface area (Å²) in [6.07, 6.45) is 1.14. The molecule has 0 fully saturated rings. The fourth-order valence-corrected chi connectivity index (χ4v) is 2.30. The summed E-state index contributed by atoms with van der Waals surface area (Å²) in [4.78, 5) is 1.43. The Morgan fingerprint density at radius 1 is 1.24 bits per heavy atom. The first-order valence-electron chi connectivity index (χ1n) is 7.26. The Kier molecular flexibility index (Phi) is 5.27. The molecule has 2 rings (SSSR count). The molecule has 0 saturated heterocycles. The van der Waals surface area contributed by atoms with Crippen molar-refractivity contribution in [3.63, 3.8) is 0 Å². The first-order valence-corrected chi connectivity index (χ1v) is 7.26. The SMILES string of the molecule is CCCNCc1cc(C)c(OCc2nnn(C)n2)c(C)c1. The van der Waals surface area contributed by atoms with Gasteiger partial charge in [0.1, 0.15) is 5.75 Å². The number of tetrazole rings is 1. The Balaban J connectivity index is 2.02. The quantitative estimate of drug-likeness (QED) is 0.789. The lowest BCUT2D eigenvalue weighted by atomic mass is 10.1. The van der Waals surface area contributed by atoms with Gasteiger partial charge in [0.25, 0.3) is 0 Å². The summed E-state index contributed by atoms with van der Waals surface area (Å²) in [5.74, 6) is 1.49. The normalized spacial score (nSPS) is 10.9. The highest BCUT2D eigenvalue weighted by Crippen LogP contribution is 2.25. The van der Waals surface area contributed by atoms with Crippen LogP contribution in [0, 0.1) is 13.8 Å². The fraction of sp³-hybridized carbons (Fsp3) is 0.533. The molecular formula is C15H23N5O. The highest BCUT2D eigenvalue weighted by Gasteiger charge is 2.08. The van der Waals surface area contributed by atoms with E-state index in [1.165, 1.54) is 10.4 Å². The fourth-order valence-electron chi connectivity index (χ4n) is 2.30. The van der Waals surface area contributed by atoms with Gasteiger partial charge in [0.2, 0.25) is 5.82 Å². The van der Waals surface area contributed by atoms with Gasteiger partial charge in [-0.1, -0.05) is 19.1 Å². The van der Waals surface area contributed by atoms with Crippen molar-refractivity contribution in [2.75, 3.05) is 6.54 Å². The average molecular weight is 289 g/mol. The Hall–Kier alpha value is -1.95. The number of nitrogens with one attached hydrogen (secondary N) is 1. The molecule has 0 amide bonds. The van der Waals surface area contributed by atoms with Crippen LogP contribution in [-0.2, 0) is 20.2 Å². The lowest BCUT2D eigenvalue weighted by Crippen LogP contribution is -2.14. The molecule has 1 aromatic heterocycles. The van der Waals surface area contributed by atoms with Crippen molar-refractivity contribution in [3.05, 3.63) is 34.6 Å². The zero-order valence-corrected chi connectivity index (χ0v) is 13.2. The van der Waals surface area contributed by atoms with Crippen LogP contribution in [0.4, 0.5) is 0 Å². The number of benzene rings is 1. The van der Waals surface area contributed by atoms with E-state index in [1.54, 1.807) is 7.05 Å². The van der Waals surface area contributed by atoms with Crippen molar-refractivity contribution in [1.82, 2.24) is 25.5 Å². The molecule has 0 bridgehead atoms. The van der Waals surface area contributed by atoms with Gasteiger partial charge in [-0.05, 0) is 48.7 Å². The summed E-state index contributed by atoms with van der Waals surface area (Å²) < 4.78 is 5.85. The van der Waals surface area contributed by atoms with Crippen molar-refractivity contribution in [3.8, 4) is 5.75 Å². The van der Waals surface area contributed by atoms with Gasteiger partial charge in [-0.3, -0.25) is 0 Å². The van der Waals surface area contributed by atoms with Gasteiger partial charge in [-0.2, -0.15) is 4.80 Å². The Morgan fingerprint density at radius 3 is 2.52 bits per heavy atom. The number of aromatic nitrogens is 4. The molecule has 1 aromatic carbocycles. The van der Waals surface area contributed by atoms with Crippen molar-refractivity contribution in [1.29, 1.82) is 0 Å². The van der Waals surface area contributed by atoms with Crippen LogP contribution in [0.1, 0.15) is 35.9 Å². The van der Waals surface area contributed by atoms with E-state index in [2.05, 4.69) is 53.6 Å². The molecule has 1 heterocycles. The molecule has 114 valence electrons. The molecule has 0 unspecified atom stereocenters. The van der Waals surface area contributed by atoms with Crippen LogP contribution in [0.15, 0.2) is 12.1 Å². The molecular weight excluding hydrogens is 266 g/mol. The van der Waals surface area contributed by atoms with Gasteiger partial charge in [-0.25, -0.2) is 0 Å². The van der Waals surface area contributed by atoms with E-state index in [1.807, 2.05) is 0 Å². The van der Waals surface area contributed by atoms with Gasteiger partial charge < -0.3 is 10.1 Å². The van der Waals surface area contributed by atoms with Crippen LogP contribution < -0.4 is 10.1 Å². The van der Waals surface area contributed by atoms with E-state index in [9.17, 15) is 0 Å². The molecule has 0 atom stereocenters. The lowest BCUT2D eigenvalue weighted by Gasteiger charge is -2.13. The summed E-state index contributed by atoms with van der Waals surface area (Å²) in [6.45, 7) is 8.56. The Bertz CT molecular complexity index is 570. The first-order chi connectivity index (χ1) is 10.1. The maximum atomic E-state index is 5.85. The topological polar surface area (TPSA) is 64.9 Å². The Morgan fingerprint density at radius 2 is 1.95 bits per heavy atom. The molecule has 1 N–H and O–H groups in total. The van der Waals surface area contributed by atoms with E-state index in [-0.39, 0.29) is 0 Å². The molecule has 21 heavy (non-hydrogen) atoms. The van der Waals surface area contributed by atoms with Crippen molar-refractivity contribution in [2.45, 2.75) is 40.3 Å². The number of hydrogen-bond donors (Lipinski definition) is 1. The second-order valence-corrected chi connectivity index (χ2v) is 5.22. The third-order valence-electron chi connectivity index (χ3n) is 3.17. The predicted molar refractivity (Wildman–Crippen MR) is 81.0 cm³/mol. The highest BCUT2D eigenvalue weighted by atomic mass is 16.5. The summed E-state index contributed by atoms with van der Waals surface area (Å²) in [5, 5.41) is 15.2. The summed E-state index contributed by atoms with van der Waals surface area (Å²) >= 11 is 0. The Labute approximate surface area is 125 Å². The van der Waals surface area contributed by atoms with Gasteiger partial charge >= 0.3 is 0 Å². The third-order valence-corrected chi connectivity index (χ3v) is 3.17. The zero-order chi connectivity index (χ0) is 15.2. The molecule has 2 aromatic rings. The van der Waals surface area contributed by atoms with Crippen molar-refractivity contribution in [2.24, 2.45) is 7.05 Å². The first kappa shape index (κ1) is 15.4. The molecule has 6 heteroatoms. The number of rotatable bonds is 7. The molecule has 0 aliphatic heterocycles. The van der Waals surface area contributed by atoms with Gasteiger partial charge in [0, 0.05) is 6.54 Å². The van der Waals surface area contributed by atoms with E-state index in [0.717, 1.165) is 36.4 Å². The van der Waals surface area contributed by atoms with Crippen LogP contribution in [0.2, 0.25) is 0 Å². The van der Waals surface area contributed by atoms with Crippen molar-refractivity contribution < 1.29 is 4.74 Å². The smallest absolute Gasteiger partial charge is 0.212 e. The van der Waals surface area contributed by atoms with Gasteiger partial charge in [0.05, 0.1) is 7.05 Å². The van der Waals surface area contributed by atoms with Gasteiger partial charge in [0.15, 0.2) is 6.61 Å². The number of nitrogens with zero attached hydrogens (tertiary/aromatic N) is 4. The number of aryl methyl sites for hydroxylation is 3. The van der Waals surface area contributed by atoms with Gasteiger partial charge in [-0.15, -0.1) is 10.2 Å². The second kappa shape index (κ2) is 7.17. The third kappa shape index (κ3) is 4.26. The lowest BCUT2D eigenvalue weighted by molar-refractivity contribution is 0.291. The summed E-state index contributed by atoms with van der Waals surface area (Å²) in [7, 11) is 1.74. The molecule has 6 nitrogen and oxygen atoms in total.